The second-order valence-corrected chi connectivity index (χ2v) is 5.56. The molecule has 7 nitrogen and oxygen atoms in total. The van der Waals surface area contributed by atoms with Crippen LogP contribution in [0.25, 0.3) is 11.2 Å². The summed E-state index contributed by atoms with van der Waals surface area (Å²) < 4.78 is 25.3. The number of H-pyrrole nitrogens is 1. The van der Waals surface area contributed by atoms with E-state index in [1.807, 2.05) is 0 Å². The van der Waals surface area contributed by atoms with Crippen LogP contribution in [-0.4, -0.2) is 34.1 Å². The van der Waals surface area contributed by atoms with Crippen molar-refractivity contribution in [2.45, 2.75) is 13.3 Å². The molecule has 2 rings (SSSR count). The lowest BCUT2D eigenvalue weighted by atomic mass is 10.6. The van der Waals surface area contributed by atoms with Gasteiger partial charge in [0.05, 0.1) is 12.1 Å². The number of halogens is 1. The van der Waals surface area contributed by atoms with Crippen molar-refractivity contribution in [3.8, 4) is 0 Å². The minimum absolute atomic E-state index is 0.00653. The number of aromatic amines is 1. The van der Waals surface area contributed by atoms with E-state index in [1.54, 1.807) is 6.92 Å². The molecule has 2 aromatic rings. The van der Waals surface area contributed by atoms with Crippen LogP contribution in [0.5, 0.6) is 0 Å². The minimum Gasteiger partial charge on any atom is -0.341 e. The summed E-state index contributed by atoms with van der Waals surface area (Å²) in [6.07, 6.45) is 1.92. The summed E-state index contributed by atoms with van der Waals surface area (Å²) in [6.45, 7) is 1.77. The molecule has 92 valence electrons. The molecule has 0 aliphatic carbocycles. The molecule has 2 aromatic heterocycles. The first kappa shape index (κ1) is 12.1. The van der Waals surface area contributed by atoms with E-state index < -0.39 is 10.0 Å². The van der Waals surface area contributed by atoms with Gasteiger partial charge in [-0.25, -0.2) is 13.4 Å². The van der Waals surface area contributed by atoms with Crippen LogP contribution in [-0.2, 0) is 10.0 Å². The van der Waals surface area contributed by atoms with Gasteiger partial charge in [-0.3, -0.25) is 4.72 Å². The Morgan fingerprint density at radius 2 is 2.24 bits per heavy atom. The monoisotopic (exact) mass is 275 g/mol. The molecule has 2 N–H and O–H groups in total. The van der Waals surface area contributed by atoms with Gasteiger partial charge in [0.15, 0.2) is 10.8 Å². The summed E-state index contributed by atoms with van der Waals surface area (Å²) in [4.78, 5) is 14.4. The van der Waals surface area contributed by atoms with Crippen LogP contribution in [0.2, 0.25) is 5.15 Å². The molecular formula is C8H10ClN5O2S. The quantitative estimate of drug-likeness (QED) is 0.816. The van der Waals surface area contributed by atoms with Crippen LogP contribution < -0.4 is 4.72 Å². The van der Waals surface area contributed by atoms with Gasteiger partial charge in [0.25, 0.3) is 0 Å². The largest absolute Gasteiger partial charge is 0.341 e. The number of nitrogens with one attached hydrogen (secondary N) is 2. The maximum Gasteiger partial charge on any atom is 0.240 e. The predicted octanol–water partition coefficient (Wildman–Crippen LogP) is 1.16. The predicted molar refractivity (Wildman–Crippen MR) is 64.4 cm³/mol. The summed E-state index contributed by atoms with van der Waals surface area (Å²) in [5.74, 6) is -0.0601. The highest BCUT2D eigenvalue weighted by molar-refractivity contribution is 7.92. The molecule has 0 unspecified atom stereocenters. The van der Waals surface area contributed by atoms with Crippen LogP contribution in [0.3, 0.4) is 0 Å². The maximum absolute atomic E-state index is 11.5. The van der Waals surface area contributed by atoms with E-state index in [9.17, 15) is 8.42 Å². The normalized spacial score (nSPS) is 11.9. The van der Waals surface area contributed by atoms with E-state index >= 15 is 0 Å². The number of anilines is 1. The van der Waals surface area contributed by atoms with Gasteiger partial charge in [0.1, 0.15) is 5.52 Å². The van der Waals surface area contributed by atoms with Crippen molar-refractivity contribution >= 4 is 38.7 Å². The molecule has 0 atom stereocenters. The van der Waals surface area contributed by atoms with E-state index in [1.165, 1.54) is 6.33 Å². The topological polar surface area (TPSA) is 101 Å². The fourth-order valence-corrected chi connectivity index (χ4v) is 2.53. The minimum atomic E-state index is -3.42. The molecule has 0 amide bonds. The van der Waals surface area contributed by atoms with Gasteiger partial charge in [0, 0.05) is 0 Å². The molecule has 9 heteroatoms. The van der Waals surface area contributed by atoms with Gasteiger partial charge >= 0.3 is 0 Å². The molecule has 0 aliphatic heterocycles. The number of aromatic nitrogens is 4. The van der Waals surface area contributed by atoms with Crippen molar-refractivity contribution in [2.24, 2.45) is 0 Å². The highest BCUT2D eigenvalue weighted by Crippen LogP contribution is 2.18. The third kappa shape index (κ3) is 2.64. The van der Waals surface area contributed by atoms with Crippen molar-refractivity contribution in [1.82, 2.24) is 19.9 Å². The highest BCUT2D eigenvalue weighted by atomic mass is 35.5. The molecule has 0 saturated heterocycles. The average Bonchev–Trinajstić information content (AvgIpc) is 2.64. The Bertz CT molecular complexity index is 638. The average molecular weight is 276 g/mol. The number of sulfonamides is 1. The number of nitrogens with zero attached hydrogens (tertiary/aromatic N) is 3. The van der Waals surface area contributed by atoms with E-state index in [-0.39, 0.29) is 16.9 Å². The Labute approximate surface area is 103 Å². The van der Waals surface area contributed by atoms with E-state index in [4.69, 9.17) is 11.6 Å². The van der Waals surface area contributed by atoms with Crippen LogP contribution in [0, 0.1) is 0 Å². The molecular weight excluding hydrogens is 266 g/mol. The van der Waals surface area contributed by atoms with Crippen LogP contribution in [0.1, 0.15) is 13.3 Å². The number of hydrogen-bond acceptors (Lipinski definition) is 5. The number of rotatable bonds is 4. The lowest BCUT2D eigenvalue weighted by Gasteiger charge is -2.05. The molecule has 0 radical (unpaired) electrons. The smallest absolute Gasteiger partial charge is 0.240 e. The second kappa shape index (κ2) is 4.46. The molecule has 0 saturated carbocycles. The zero-order chi connectivity index (χ0) is 12.5. The number of fused-ring (bicyclic) bond motifs is 1. The van der Waals surface area contributed by atoms with Crippen LogP contribution in [0.15, 0.2) is 6.33 Å². The lowest BCUT2D eigenvalue weighted by Crippen LogP contribution is -2.18. The number of imidazole rings is 1. The highest BCUT2D eigenvalue weighted by Gasteiger charge is 2.13. The van der Waals surface area contributed by atoms with E-state index in [2.05, 4.69) is 24.7 Å². The summed E-state index contributed by atoms with van der Waals surface area (Å²) >= 11 is 5.85. The van der Waals surface area contributed by atoms with Gasteiger partial charge < -0.3 is 4.98 Å². The molecule has 0 fully saturated rings. The second-order valence-electron chi connectivity index (χ2n) is 3.36. The number of hydrogen-bond donors (Lipinski definition) is 2. The zero-order valence-electron chi connectivity index (χ0n) is 8.94. The zero-order valence-corrected chi connectivity index (χ0v) is 10.5. The van der Waals surface area contributed by atoms with Gasteiger partial charge in [0.2, 0.25) is 16.0 Å². The Morgan fingerprint density at radius 3 is 2.94 bits per heavy atom. The lowest BCUT2D eigenvalue weighted by molar-refractivity contribution is 0.599. The summed E-state index contributed by atoms with van der Waals surface area (Å²) in [5, 5.41) is 0.127. The molecule has 0 bridgehead atoms. The molecule has 2 heterocycles. The van der Waals surface area contributed by atoms with Gasteiger partial charge in [-0.2, -0.15) is 9.97 Å². The Balaban J connectivity index is 2.37. The molecule has 0 aliphatic rings. The van der Waals surface area contributed by atoms with E-state index in [0.29, 0.717) is 17.6 Å². The Kier molecular flexibility index (Phi) is 3.16. The first-order valence-electron chi connectivity index (χ1n) is 4.89. The fraction of sp³-hybridized carbons (Fsp3) is 0.375. The fourth-order valence-electron chi connectivity index (χ4n) is 1.30. The third-order valence-electron chi connectivity index (χ3n) is 1.96. The maximum atomic E-state index is 11.5. The van der Waals surface area contributed by atoms with Crippen molar-refractivity contribution in [3.05, 3.63) is 11.5 Å². The van der Waals surface area contributed by atoms with Gasteiger partial charge in [-0.1, -0.05) is 18.5 Å². The Hall–Kier alpha value is -1.41. The van der Waals surface area contributed by atoms with Crippen LogP contribution >= 0.6 is 11.6 Å². The standard InChI is InChI=1S/C8H10ClN5O2S/c1-2-3-17(15,16)14-8-12-6(9)5-7(13-8)11-4-10-5/h4H,2-3H2,1H3,(H2,10,11,12,13,14). The molecule has 0 aromatic carbocycles. The van der Waals surface area contributed by atoms with Gasteiger partial charge in [-0.05, 0) is 6.42 Å². The summed E-state index contributed by atoms with van der Waals surface area (Å²) in [7, 11) is -3.42. The van der Waals surface area contributed by atoms with Gasteiger partial charge in [-0.15, -0.1) is 0 Å². The van der Waals surface area contributed by atoms with E-state index in [0.717, 1.165) is 0 Å². The SMILES string of the molecule is CCCS(=O)(=O)Nc1nc(Cl)c2[nH]cnc2n1. The van der Waals surface area contributed by atoms with Crippen molar-refractivity contribution < 1.29 is 8.42 Å². The molecule has 0 spiro atoms. The third-order valence-corrected chi connectivity index (χ3v) is 3.67. The Morgan fingerprint density at radius 1 is 1.47 bits per heavy atom. The van der Waals surface area contributed by atoms with Crippen molar-refractivity contribution in [1.29, 1.82) is 0 Å². The first-order valence-corrected chi connectivity index (χ1v) is 6.92. The van der Waals surface area contributed by atoms with Crippen LogP contribution in [0.4, 0.5) is 5.95 Å². The van der Waals surface area contributed by atoms with Crippen molar-refractivity contribution in [2.75, 3.05) is 10.5 Å². The molecule has 17 heavy (non-hydrogen) atoms. The summed E-state index contributed by atoms with van der Waals surface area (Å²) in [5.41, 5.74) is 0.796. The van der Waals surface area contributed by atoms with Crippen molar-refractivity contribution in [3.63, 3.8) is 0 Å². The first-order chi connectivity index (χ1) is 8.02. The summed E-state index contributed by atoms with van der Waals surface area (Å²) in [6, 6.07) is 0.